The smallest absolute Gasteiger partial charge is 0.233 e. The predicted molar refractivity (Wildman–Crippen MR) is 49.9 cm³/mol. The van der Waals surface area contributed by atoms with Crippen LogP contribution < -0.4 is 0 Å². The van der Waals surface area contributed by atoms with Gasteiger partial charge in [-0.05, 0) is 36.7 Å². The molecule has 1 heterocycles. The van der Waals surface area contributed by atoms with Gasteiger partial charge in [-0.15, -0.1) is 0 Å². The summed E-state index contributed by atoms with van der Waals surface area (Å²) in [7, 11) is 0. The largest absolute Gasteiger partial charge is 0.423 e. The molecule has 0 aliphatic heterocycles. The minimum atomic E-state index is -4.74. The molecule has 0 spiro atoms. The lowest BCUT2D eigenvalue weighted by atomic mass is 10.1. The first-order chi connectivity index (χ1) is 6.55. The first-order valence-electron chi connectivity index (χ1n) is 4.07. The van der Waals surface area contributed by atoms with Gasteiger partial charge in [-0.1, -0.05) is 0 Å². The van der Waals surface area contributed by atoms with E-state index in [1.807, 2.05) is 0 Å². The lowest BCUT2D eigenvalue weighted by Gasteiger charge is -2.19. The summed E-state index contributed by atoms with van der Waals surface area (Å²) in [6, 6.07) is 0. The van der Waals surface area contributed by atoms with E-state index in [1.165, 1.54) is 0 Å². The van der Waals surface area contributed by atoms with E-state index in [9.17, 15) is 17.6 Å². The van der Waals surface area contributed by atoms with Crippen molar-refractivity contribution < 1.29 is 17.6 Å². The van der Waals surface area contributed by atoms with Crippen LogP contribution in [0.1, 0.15) is 26.3 Å². The molecule has 86 valence electrons. The van der Waals surface area contributed by atoms with Gasteiger partial charge < -0.3 is 0 Å². The molecule has 0 aromatic carbocycles. The SMILES string of the molecule is CC(C)(C)n1nc(Br)c(C(F)(F)F)c1F. The summed E-state index contributed by atoms with van der Waals surface area (Å²) in [4.78, 5) is 0. The molecule has 0 saturated heterocycles. The number of alkyl halides is 3. The van der Waals surface area contributed by atoms with Gasteiger partial charge in [-0.2, -0.15) is 22.7 Å². The zero-order valence-corrected chi connectivity index (χ0v) is 9.87. The van der Waals surface area contributed by atoms with Gasteiger partial charge in [0.25, 0.3) is 0 Å². The number of halogens is 5. The third-order valence-electron chi connectivity index (χ3n) is 1.71. The van der Waals surface area contributed by atoms with Crippen LogP contribution >= 0.6 is 15.9 Å². The maximum Gasteiger partial charge on any atom is 0.423 e. The van der Waals surface area contributed by atoms with Gasteiger partial charge in [0.1, 0.15) is 10.2 Å². The maximum absolute atomic E-state index is 13.4. The summed E-state index contributed by atoms with van der Waals surface area (Å²) >= 11 is 2.60. The Bertz CT molecular complexity index is 375. The highest BCUT2D eigenvalue weighted by atomic mass is 79.9. The molecule has 7 heteroatoms. The topological polar surface area (TPSA) is 17.8 Å². The lowest BCUT2D eigenvalue weighted by molar-refractivity contribution is -0.140. The number of hydrogen-bond donors (Lipinski definition) is 0. The highest BCUT2D eigenvalue weighted by Crippen LogP contribution is 2.37. The second-order valence-electron chi connectivity index (χ2n) is 4.04. The summed E-state index contributed by atoms with van der Waals surface area (Å²) in [5.41, 5.74) is -2.20. The fourth-order valence-electron chi connectivity index (χ4n) is 1.05. The highest BCUT2D eigenvalue weighted by Gasteiger charge is 2.41. The average Bonchev–Trinajstić information content (AvgIpc) is 2.22. The highest BCUT2D eigenvalue weighted by molar-refractivity contribution is 9.10. The Kier molecular flexibility index (Phi) is 2.88. The van der Waals surface area contributed by atoms with Crippen molar-refractivity contribution in [1.29, 1.82) is 0 Å². The molecule has 0 bridgehead atoms. The normalized spacial score (nSPS) is 13.3. The van der Waals surface area contributed by atoms with Crippen LogP contribution in [0.3, 0.4) is 0 Å². The standard InChI is InChI=1S/C8H9BrF4N2/c1-7(2,3)15-6(10)4(5(9)14-15)8(11,12)13/h1-3H3. The quantitative estimate of drug-likeness (QED) is 0.668. The minimum Gasteiger partial charge on any atom is -0.233 e. The fraction of sp³-hybridized carbons (Fsp3) is 0.625. The zero-order chi connectivity index (χ0) is 12.0. The molecule has 2 nitrogen and oxygen atoms in total. The van der Waals surface area contributed by atoms with Crippen LogP contribution in [0, 0.1) is 5.95 Å². The number of nitrogens with zero attached hydrogens (tertiary/aromatic N) is 2. The summed E-state index contributed by atoms with van der Waals surface area (Å²) < 4.78 is 50.8. The molecular weight excluding hydrogens is 280 g/mol. The molecule has 0 amide bonds. The van der Waals surface area contributed by atoms with E-state index in [0.29, 0.717) is 4.68 Å². The van der Waals surface area contributed by atoms with Crippen molar-refractivity contribution >= 4 is 15.9 Å². The number of rotatable bonds is 0. The third kappa shape index (κ3) is 2.32. The van der Waals surface area contributed by atoms with E-state index >= 15 is 0 Å². The summed E-state index contributed by atoms with van der Waals surface area (Å²) in [5, 5.41) is 3.49. The molecule has 0 unspecified atom stereocenters. The molecule has 1 aromatic heterocycles. The van der Waals surface area contributed by atoms with E-state index in [1.54, 1.807) is 20.8 Å². The number of hydrogen-bond acceptors (Lipinski definition) is 1. The van der Waals surface area contributed by atoms with Gasteiger partial charge in [0.2, 0.25) is 5.95 Å². The van der Waals surface area contributed by atoms with Gasteiger partial charge in [-0.3, -0.25) is 0 Å². The molecule has 1 rings (SSSR count). The van der Waals surface area contributed by atoms with E-state index in [-0.39, 0.29) is 0 Å². The molecule has 15 heavy (non-hydrogen) atoms. The molecule has 0 N–H and O–H groups in total. The molecule has 0 aliphatic carbocycles. The van der Waals surface area contributed by atoms with Gasteiger partial charge in [0.15, 0.2) is 0 Å². The first kappa shape index (κ1) is 12.5. The summed E-state index contributed by atoms with van der Waals surface area (Å²) in [6.07, 6.45) is -4.74. The van der Waals surface area contributed by atoms with Crippen LogP contribution in [0.4, 0.5) is 17.6 Å². The Morgan fingerprint density at radius 1 is 1.20 bits per heavy atom. The monoisotopic (exact) mass is 288 g/mol. The van der Waals surface area contributed by atoms with Gasteiger partial charge in [0.05, 0.1) is 5.54 Å². The van der Waals surface area contributed by atoms with Crippen molar-refractivity contribution in [3.63, 3.8) is 0 Å². The average molecular weight is 289 g/mol. The summed E-state index contributed by atoms with van der Waals surface area (Å²) in [6.45, 7) is 4.70. The van der Waals surface area contributed by atoms with Crippen molar-refractivity contribution in [3.8, 4) is 0 Å². The van der Waals surface area contributed by atoms with Crippen LogP contribution in [-0.4, -0.2) is 9.78 Å². The van der Waals surface area contributed by atoms with Crippen molar-refractivity contribution in [2.45, 2.75) is 32.5 Å². The van der Waals surface area contributed by atoms with Crippen molar-refractivity contribution in [2.75, 3.05) is 0 Å². The Morgan fingerprint density at radius 3 is 1.87 bits per heavy atom. The Labute approximate surface area is 92.4 Å². The van der Waals surface area contributed by atoms with Gasteiger partial charge >= 0.3 is 6.18 Å². The molecule has 0 fully saturated rings. The molecule has 0 atom stereocenters. The maximum atomic E-state index is 13.4. The van der Waals surface area contributed by atoms with Crippen LogP contribution in [0.25, 0.3) is 0 Å². The molecule has 0 radical (unpaired) electrons. The number of aromatic nitrogens is 2. The Morgan fingerprint density at radius 2 is 1.67 bits per heavy atom. The molecule has 1 aromatic rings. The zero-order valence-electron chi connectivity index (χ0n) is 8.28. The van der Waals surface area contributed by atoms with Crippen LogP contribution in [-0.2, 0) is 11.7 Å². The van der Waals surface area contributed by atoms with Crippen molar-refractivity contribution in [3.05, 3.63) is 16.1 Å². The molecule has 0 aliphatic rings. The van der Waals surface area contributed by atoms with Crippen LogP contribution in [0.2, 0.25) is 0 Å². The van der Waals surface area contributed by atoms with Crippen LogP contribution in [0.5, 0.6) is 0 Å². The molecule has 0 saturated carbocycles. The van der Waals surface area contributed by atoms with E-state index in [0.717, 1.165) is 0 Å². The Balaban J connectivity index is 3.41. The predicted octanol–water partition coefficient (Wildman–Crippen LogP) is 3.56. The van der Waals surface area contributed by atoms with Crippen molar-refractivity contribution in [1.82, 2.24) is 9.78 Å². The first-order valence-corrected chi connectivity index (χ1v) is 4.86. The van der Waals surface area contributed by atoms with E-state index in [2.05, 4.69) is 21.0 Å². The fourth-order valence-corrected chi connectivity index (χ4v) is 1.60. The van der Waals surface area contributed by atoms with Crippen molar-refractivity contribution in [2.24, 2.45) is 0 Å². The Hall–Kier alpha value is -0.590. The van der Waals surface area contributed by atoms with Gasteiger partial charge in [0, 0.05) is 0 Å². The molecular formula is C8H9BrF4N2. The lowest BCUT2D eigenvalue weighted by Crippen LogP contribution is -2.25. The van der Waals surface area contributed by atoms with Gasteiger partial charge in [-0.25, -0.2) is 4.68 Å². The second kappa shape index (κ2) is 3.47. The van der Waals surface area contributed by atoms with E-state index in [4.69, 9.17) is 0 Å². The third-order valence-corrected chi connectivity index (χ3v) is 2.26. The second-order valence-corrected chi connectivity index (χ2v) is 4.79. The minimum absolute atomic E-state index is 0.526. The van der Waals surface area contributed by atoms with Crippen LogP contribution in [0.15, 0.2) is 4.60 Å². The van der Waals surface area contributed by atoms with E-state index < -0.39 is 27.8 Å². The summed E-state index contributed by atoms with van der Waals surface area (Å²) in [5.74, 6) is -1.37.